The molecule has 0 radical (unpaired) electrons. The number of ether oxygens (including phenoxy) is 2. The first-order chi connectivity index (χ1) is 10.5. The van der Waals surface area contributed by atoms with E-state index in [0.717, 1.165) is 39.2 Å². The van der Waals surface area contributed by atoms with Crippen molar-refractivity contribution in [3.05, 3.63) is 35.7 Å². The molecule has 3 rings (SSSR count). The molecule has 0 aliphatic carbocycles. The molecule has 3 aromatic rings. The van der Waals surface area contributed by atoms with Crippen molar-refractivity contribution >= 4 is 10.9 Å². The van der Waals surface area contributed by atoms with Crippen molar-refractivity contribution in [3.8, 4) is 22.8 Å². The van der Waals surface area contributed by atoms with Gasteiger partial charge in [-0.25, -0.2) is 4.98 Å². The average Bonchev–Trinajstić information content (AvgIpc) is 2.86. The maximum Gasteiger partial charge on any atom is 0.148 e. The summed E-state index contributed by atoms with van der Waals surface area (Å²) in [5, 5.41) is 5.33. The van der Waals surface area contributed by atoms with Gasteiger partial charge in [0.05, 0.1) is 26.1 Å². The Labute approximate surface area is 129 Å². The molecule has 2 heterocycles. The number of benzene rings is 1. The zero-order valence-corrected chi connectivity index (χ0v) is 13.5. The third-order valence-corrected chi connectivity index (χ3v) is 4.03. The van der Waals surface area contributed by atoms with Crippen LogP contribution in [0.2, 0.25) is 0 Å². The molecule has 0 amide bonds. The zero-order valence-electron chi connectivity index (χ0n) is 13.5. The zero-order chi connectivity index (χ0) is 15.9. The highest BCUT2D eigenvalue weighted by Crippen LogP contribution is 2.34. The number of aromatic nitrogens is 3. The molecule has 5 heteroatoms. The standard InChI is InChI=1S/C17H19N3O2/c1-10-6-15(14-9-18-20(3)11(14)2)19-17-13(10)7-12(21-4)8-16(17)22-5/h6-9H,1-5H3. The Kier molecular flexibility index (Phi) is 3.48. The van der Waals surface area contributed by atoms with E-state index in [1.54, 1.807) is 14.2 Å². The van der Waals surface area contributed by atoms with Crippen LogP contribution in [0.3, 0.4) is 0 Å². The van der Waals surface area contributed by atoms with E-state index in [2.05, 4.69) is 18.1 Å². The number of aryl methyl sites for hydroxylation is 2. The Morgan fingerprint density at radius 3 is 2.41 bits per heavy atom. The van der Waals surface area contributed by atoms with Crippen molar-refractivity contribution in [1.29, 1.82) is 0 Å². The third-order valence-electron chi connectivity index (χ3n) is 4.03. The lowest BCUT2D eigenvalue weighted by atomic mass is 10.0. The SMILES string of the molecule is COc1cc(OC)c2nc(-c3cnn(C)c3C)cc(C)c2c1. The average molecular weight is 297 g/mol. The Morgan fingerprint density at radius 1 is 1.05 bits per heavy atom. The minimum Gasteiger partial charge on any atom is -0.497 e. The van der Waals surface area contributed by atoms with Gasteiger partial charge in [0, 0.05) is 29.8 Å². The minimum absolute atomic E-state index is 0.709. The predicted octanol–water partition coefficient (Wildman–Crippen LogP) is 3.27. The van der Waals surface area contributed by atoms with Crippen LogP contribution < -0.4 is 9.47 Å². The van der Waals surface area contributed by atoms with Crippen LogP contribution in [0.4, 0.5) is 0 Å². The molecule has 0 N–H and O–H groups in total. The summed E-state index contributed by atoms with van der Waals surface area (Å²) in [6.07, 6.45) is 1.85. The maximum atomic E-state index is 5.49. The second kappa shape index (κ2) is 5.33. The molecule has 0 atom stereocenters. The first kappa shape index (κ1) is 14.4. The molecular weight excluding hydrogens is 278 g/mol. The first-order valence-electron chi connectivity index (χ1n) is 7.07. The molecule has 22 heavy (non-hydrogen) atoms. The van der Waals surface area contributed by atoms with Gasteiger partial charge in [-0.15, -0.1) is 0 Å². The molecule has 114 valence electrons. The normalized spacial score (nSPS) is 11.0. The molecule has 0 aliphatic heterocycles. The highest BCUT2D eigenvalue weighted by atomic mass is 16.5. The van der Waals surface area contributed by atoms with Gasteiger partial charge in [0.1, 0.15) is 17.0 Å². The summed E-state index contributed by atoms with van der Waals surface area (Å²) in [7, 11) is 5.22. The van der Waals surface area contributed by atoms with E-state index in [-0.39, 0.29) is 0 Å². The molecule has 0 aliphatic rings. The Morgan fingerprint density at radius 2 is 1.82 bits per heavy atom. The van der Waals surface area contributed by atoms with E-state index in [1.165, 1.54) is 0 Å². The Balaban J connectivity index is 2.30. The topological polar surface area (TPSA) is 49.2 Å². The van der Waals surface area contributed by atoms with Gasteiger partial charge in [0.25, 0.3) is 0 Å². The van der Waals surface area contributed by atoms with Crippen molar-refractivity contribution in [3.63, 3.8) is 0 Å². The lowest BCUT2D eigenvalue weighted by Gasteiger charge is -2.12. The van der Waals surface area contributed by atoms with Crippen LogP contribution >= 0.6 is 0 Å². The lowest BCUT2D eigenvalue weighted by Crippen LogP contribution is -1.96. The van der Waals surface area contributed by atoms with Crippen LogP contribution in [-0.4, -0.2) is 29.0 Å². The number of nitrogens with zero attached hydrogens (tertiary/aromatic N) is 3. The second-order valence-corrected chi connectivity index (χ2v) is 5.32. The van der Waals surface area contributed by atoms with Gasteiger partial charge in [-0.3, -0.25) is 4.68 Å². The van der Waals surface area contributed by atoms with Crippen LogP contribution in [0, 0.1) is 13.8 Å². The van der Waals surface area contributed by atoms with Crippen LogP contribution in [0.15, 0.2) is 24.4 Å². The predicted molar refractivity (Wildman–Crippen MR) is 86.5 cm³/mol. The molecule has 0 spiro atoms. The van der Waals surface area contributed by atoms with Gasteiger partial charge in [-0.1, -0.05) is 0 Å². The van der Waals surface area contributed by atoms with Gasteiger partial charge in [0.15, 0.2) is 0 Å². The monoisotopic (exact) mass is 297 g/mol. The van der Waals surface area contributed by atoms with Crippen LogP contribution in [0.25, 0.3) is 22.2 Å². The molecular formula is C17H19N3O2. The van der Waals surface area contributed by atoms with Crippen molar-refractivity contribution in [2.24, 2.45) is 7.05 Å². The second-order valence-electron chi connectivity index (χ2n) is 5.32. The van der Waals surface area contributed by atoms with Crippen LogP contribution in [0.1, 0.15) is 11.3 Å². The fourth-order valence-corrected chi connectivity index (χ4v) is 2.60. The van der Waals surface area contributed by atoms with Gasteiger partial charge in [-0.05, 0) is 31.5 Å². The highest BCUT2D eigenvalue weighted by Gasteiger charge is 2.14. The van der Waals surface area contributed by atoms with E-state index < -0.39 is 0 Å². The van der Waals surface area contributed by atoms with E-state index in [0.29, 0.717) is 5.75 Å². The molecule has 2 aromatic heterocycles. The third kappa shape index (κ3) is 2.19. The summed E-state index contributed by atoms with van der Waals surface area (Å²) in [4.78, 5) is 4.79. The summed E-state index contributed by atoms with van der Waals surface area (Å²) in [5.74, 6) is 1.47. The summed E-state index contributed by atoms with van der Waals surface area (Å²) < 4.78 is 12.7. The van der Waals surface area contributed by atoms with E-state index >= 15 is 0 Å². The fraction of sp³-hybridized carbons (Fsp3) is 0.294. The highest BCUT2D eigenvalue weighted by molar-refractivity contribution is 5.91. The minimum atomic E-state index is 0.709. The van der Waals surface area contributed by atoms with E-state index in [4.69, 9.17) is 14.5 Å². The van der Waals surface area contributed by atoms with Gasteiger partial charge in [-0.2, -0.15) is 5.10 Å². The molecule has 0 saturated carbocycles. The number of hydrogen-bond acceptors (Lipinski definition) is 4. The molecule has 0 unspecified atom stereocenters. The molecule has 0 saturated heterocycles. The lowest BCUT2D eigenvalue weighted by molar-refractivity contribution is 0.397. The summed E-state index contributed by atoms with van der Waals surface area (Å²) in [6.45, 7) is 4.10. The van der Waals surface area contributed by atoms with Crippen LogP contribution in [-0.2, 0) is 7.05 Å². The number of fused-ring (bicyclic) bond motifs is 1. The van der Waals surface area contributed by atoms with Gasteiger partial charge < -0.3 is 9.47 Å². The van der Waals surface area contributed by atoms with Crippen molar-refractivity contribution in [2.75, 3.05) is 14.2 Å². The summed E-state index contributed by atoms with van der Waals surface area (Å²) >= 11 is 0. The van der Waals surface area contributed by atoms with Crippen molar-refractivity contribution < 1.29 is 9.47 Å². The quantitative estimate of drug-likeness (QED) is 0.744. The summed E-state index contributed by atoms with van der Waals surface area (Å²) in [5.41, 5.74) is 4.98. The Bertz CT molecular complexity index is 853. The summed E-state index contributed by atoms with van der Waals surface area (Å²) in [6, 6.07) is 5.92. The first-order valence-corrected chi connectivity index (χ1v) is 7.07. The van der Waals surface area contributed by atoms with Crippen LogP contribution in [0.5, 0.6) is 11.5 Å². The number of rotatable bonds is 3. The maximum absolute atomic E-state index is 5.49. The molecule has 1 aromatic carbocycles. The number of methoxy groups -OCH3 is 2. The molecule has 5 nitrogen and oxygen atoms in total. The fourth-order valence-electron chi connectivity index (χ4n) is 2.60. The van der Waals surface area contributed by atoms with Gasteiger partial charge in [0.2, 0.25) is 0 Å². The number of pyridine rings is 1. The molecule has 0 fully saturated rings. The van der Waals surface area contributed by atoms with Crippen molar-refractivity contribution in [1.82, 2.24) is 14.8 Å². The number of hydrogen-bond donors (Lipinski definition) is 0. The molecule has 0 bridgehead atoms. The Hall–Kier alpha value is -2.56. The van der Waals surface area contributed by atoms with E-state index in [9.17, 15) is 0 Å². The van der Waals surface area contributed by atoms with E-state index in [1.807, 2.05) is 37.0 Å². The van der Waals surface area contributed by atoms with Crippen molar-refractivity contribution in [2.45, 2.75) is 13.8 Å². The van der Waals surface area contributed by atoms with Gasteiger partial charge >= 0.3 is 0 Å². The smallest absolute Gasteiger partial charge is 0.148 e. The largest absolute Gasteiger partial charge is 0.497 e.